The first-order valence-corrected chi connectivity index (χ1v) is 7.44. The molecule has 0 bridgehead atoms. The molecular formula is C14H17N3O2S. The van der Waals surface area contributed by atoms with Gasteiger partial charge < -0.3 is 10.4 Å². The first-order valence-electron chi connectivity index (χ1n) is 6.56. The van der Waals surface area contributed by atoms with Gasteiger partial charge in [-0.05, 0) is 17.9 Å². The average molecular weight is 291 g/mol. The molecule has 0 radical (unpaired) electrons. The molecule has 0 amide bonds. The third-order valence-electron chi connectivity index (χ3n) is 2.87. The van der Waals surface area contributed by atoms with Crippen LogP contribution < -0.4 is 5.32 Å². The summed E-state index contributed by atoms with van der Waals surface area (Å²) in [5, 5.41) is 14.1. The van der Waals surface area contributed by atoms with Gasteiger partial charge >= 0.3 is 5.97 Å². The maximum atomic E-state index is 11.2. The van der Waals surface area contributed by atoms with Crippen molar-refractivity contribution < 1.29 is 9.90 Å². The Morgan fingerprint density at radius 1 is 1.50 bits per heavy atom. The molecule has 1 atom stereocenters. The molecule has 0 spiro atoms. The largest absolute Gasteiger partial charge is 0.480 e. The lowest BCUT2D eigenvalue weighted by Crippen LogP contribution is -2.29. The van der Waals surface area contributed by atoms with E-state index in [1.165, 1.54) is 0 Å². The Hall–Kier alpha value is -1.95. The quantitative estimate of drug-likeness (QED) is 0.819. The van der Waals surface area contributed by atoms with Crippen LogP contribution in [-0.2, 0) is 4.79 Å². The molecule has 2 heterocycles. The van der Waals surface area contributed by atoms with E-state index in [1.54, 1.807) is 23.7 Å². The molecule has 0 saturated heterocycles. The molecule has 0 saturated carbocycles. The molecule has 2 aromatic heterocycles. The van der Waals surface area contributed by atoms with Gasteiger partial charge in [-0.25, -0.2) is 9.78 Å². The Morgan fingerprint density at radius 2 is 2.35 bits per heavy atom. The topological polar surface area (TPSA) is 75.1 Å². The molecule has 0 fully saturated rings. The Bertz CT molecular complexity index is 557. The predicted octanol–water partition coefficient (Wildman–Crippen LogP) is 3.26. The summed E-state index contributed by atoms with van der Waals surface area (Å²) in [7, 11) is 0. The molecular weight excluding hydrogens is 274 g/mol. The van der Waals surface area contributed by atoms with Crippen LogP contribution in [0.1, 0.15) is 26.2 Å². The number of thiophene rings is 1. The third kappa shape index (κ3) is 3.77. The van der Waals surface area contributed by atoms with Crippen molar-refractivity contribution >= 4 is 23.1 Å². The van der Waals surface area contributed by atoms with Crippen molar-refractivity contribution in [2.24, 2.45) is 0 Å². The normalized spacial score (nSPS) is 12.1. The highest BCUT2D eigenvalue weighted by atomic mass is 32.1. The highest BCUT2D eigenvalue weighted by Gasteiger charge is 2.17. The molecule has 2 N–H and O–H groups in total. The molecule has 20 heavy (non-hydrogen) atoms. The summed E-state index contributed by atoms with van der Waals surface area (Å²) in [6, 6.07) is 3.29. The lowest BCUT2D eigenvalue weighted by atomic mass is 10.1. The van der Waals surface area contributed by atoms with Gasteiger partial charge in [0.05, 0.1) is 17.3 Å². The summed E-state index contributed by atoms with van der Waals surface area (Å²) in [4.78, 5) is 20.8. The Balaban J connectivity index is 2.12. The van der Waals surface area contributed by atoms with Gasteiger partial charge in [0.1, 0.15) is 17.6 Å². The van der Waals surface area contributed by atoms with Crippen LogP contribution in [0.15, 0.2) is 29.9 Å². The Morgan fingerprint density at radius 3 is 3.00 bits per heavy atom. The minimum absolute atomic E-state index is 0.499. The van der Waals surface area contributed by atoms with Gasteiger partial charge in [-0.15, -0.1) is 11.3 Å². The summed E-state index contributed by atoms with van der Waals surface area (Å²) in [5.74, 6) is -0.360. The van der Waals surface area contributed by atoms with Crippen LogP contribution in [-0.4, -0.2) is 27.1 Å². The average Bonchev–Trinajstić information content (AvgIpc) is 2.97. The van der Waals surface area contributed by atoms with Gasteiger partial charge in [0.2, 0.25) is 0 Å². The number of carboxylic acid groups (broad SMARTS) is 1. The van der Waals surface area contributed by atoms with Crippen LogP contribution in [0.4, 0.5) is 5.82 Å². The summed E-state index contributed by atoms with van der Waals surface area (Å²) in [6.07, 6.45) is 5.64. The standard InChI is InChI=1S/C14H17N3O2S/c1-2-3-5-10(14(18)19)16-13-9-15-8-11(17-13)12-6-4-7-20-12/h4,6-10H,2-3,5H2,1H3,(H,16,17)(H,18,19)/t10-/m0/s1. The van der Waals surface area contributed by atoms with Gasteiger partial charge in [0.15, 0.2) is 0 Å². The summed E-state index contributed by atoms with van der Waals surface area (Å²) >= 11 is 1.58. The summed E-state index contributed by atoms with van der Waals surface area (Å²) < 4.78 is 0. The van der Waals surface area contributed by atoms with Crippen molar-refractivity contribution in [1.82, 2.24) is 9.97 Å². The van der Waals surface area contributed by atoms with E-state index >= 15 is 0 Å². The van der Waals surface area contributed by atoms with E-state index in [1.807, 2.05) is 24.4 Å². The first-order chi connectivity index (χ1) is 9.70. The van der Waals surface area contributed by atoms with Crippen molar-refractivity contribution in [3.63, 3.8) is 0 Å². The number of nitrogens with zero attached hydrogens (tertiary/aromatic N) is 2. The highest BCUT2D eigenvalue weighted by Crippen LogP contribution is 2.23. The van der Waals surface area contributed by atoms with Gasteiger partial charge in [-0.2, -0.15) is 0 Å². The minimum Gasteiger partial charge on any atom is -0.480 e. The number of hydrogen-bond donors (Lipinski definition) is 2. The van der Waals surface area contributed by atoms with Gasteiger partial charge in [-0.1, -0.05) is 25.8 Å². The first kappa shape index (κ1) is 14.5. The second-order valence-electron chi connectivity index (χ2n) is 4.44. The van der Waals surface area contributed by atoms with Crippen molar-refractivity contribution in [2.75, 3.05) is 5.32 Å². The van der Waals surface area contributed by atoms with E-state index in [2.05, 4.69) is 15.3 Å². The smallest absolute Gasteiger partial charge is 0.326 e. The number of unbranched alkanes of at least 4 members (excludes halogenated alkanes) is 1. The van der Waals surface area contributed by atoms with E-state index in [0.29, 0.717) is 12.2 Å². The van der Waals surface area contributed by atoms with E-state index in [4.69, 9.17) is 0 Å². The lowest BCUT2D eigenvalue weighted by molar-refractivity contribution is -0.138. The maximum absolute atomic E-state index is 11.2. The van der Waals surface area contributed by atoms with Crippen LogP contribution in [0.5, 0.6) is 0 Å². The molecule has 5 nitrogen and oxygen atoms in total. The second kappa shape index (κ2) is 7.00. The molecule has 0 unspecified atom stereocenters. The number of rotatable bonds is 7. The van der Waals surface area contributed by atoms with Gasteiger partial charge in [0, 0.05) is 0 Å². The monoisotopic (exact) mass is 291 g/mol. The fourth-order valence-electron chi connectivity index (χ4n) is 1.82. The summed E-state index contributed by atoms with van der Waals surface area (Å²) in [5.41, 5.74) is 0.754. The molecule has 2 rings (SSSR count). The number of aliphatic carboxylic acids is 1. The fraction of sp³-hybridized carbons (Fsp3) is 0.357. The van der Waals surface area contributed by atoms with Crippen molar-refractivity contribution in [1.29, 1.82) is 0 Å². The molecule has 0 aliphatic heterocycles. The summed E-state index contributed by atoms with van der Waals surface area (Å²) in [6.45, 7) is 2.04. The number of nitrogens with one attached hydrogen (secondary N) is 1. The SMILES string of the molecule is CCCC[C@H](Nc1cncc(-c2cccs2)n1)C(=O)O. The van der Waals surface area contributed by atoms with Gasteiger partial charge in [-0.3, -0.25) is 4.98 Å². The van der Waals surface area contributed by atoms with E-state index < -0.39 is 12.0 Å². The van der Waals surface area contributed by atoms with Crippen molar-refractivity contribution in [3.8, 4) is 10.6 Å². The maximum Gasteiger partial charge on any atom is 0.326 e. The van der Waals surface area contributed by atoms with Crippen LogP contribution in [0.3, 0.4) is 0 Å². The van der Waals surface area contributed by atoms with Crippen LogP contribution in [0.25, 0.3) is 10.6 Å². The minimum atomic E-state index is -0.859. The highest BCUT2D eigenvalue weighted by molar-refractivity contribution is 7.13. The third-order valence-corrected chi connectivity index (χ3v) is 3.77. The predicted molar refractivity (Wildman–Crippen MR) is 79.9 cm³/mol. The molecule has 0 aliphatic carbocycles. The van der Waals surface area contributed by atoms with Crippen LogP contribution in [0, 0.1) is 0 Å². The number of aromatic nitrogens is 2. The zero-order valence-corrected chi connectivity index (χ0v) is 12.1. The Labute approximate surface area is 121 Å². The zero-order valence-electron chi connectivity index (χ0n) is 11.2. The molecule has 106 valence electrons. The number of hydrogen-bond acceptors (Lipinski definition) is 5. The lowest BCUT2D eigenvalue weighted by Gasteiger charge is -2.14. The zero-order chi connectivity index (χ0) is 14.4. The molecule has 0 aromatic carbocycles. The fourth-order valence-corrected chi connectivity index (χ4v) is 2.50. The van der Waals surface area contributed by atoms with E-state index in [0.717, 1.165) is 23.4 Å². The number of carboxylic acids is 1. The number of carbonyl (C=O) groups is 1. The Kier molecular flexibility index (Phi) is 5.06. The van der Waals surface area contributed by atoms with Crippen LogP contribution in [0.2, 0.25) is 0 Å². The van der Waals surface area contributed by atoms with Crippen molar-refractivity contribution in [2.45, 2.75) is 32.2 Å². The number of anilines is 1. The molecule has 0 aliphatic rings. The molecule has 2 aromatic rings. The van der Waals surface area contributed by atoms with Gasteiger partial charge in [0.25, 0.3) is 0 Å². The van der Waals surface area contributed by atoms with Crippen LogP contribution >= 0.6 is 11.3 Å². The molecule has 6 heteroatoms. The van der Waals surface area contributed by atoms with E-state index in [-0.39, 0.29) is 0 Å². The van der Waals surface area contributed by atoms with E-state index in [9.17, 15) is 9.90 Å². The second-order valence-corrected chi connectivity index (χ2v) is 5.39. The van der Waals surface area contributed by atoms with Crippen molar-refractivity contribution in [3.05, 3.63) is 29.9 Å².